The van der Waals surface area contributed by atoms with Gasteiger partial charge in [0.25, 0.3) is 0 Å². The largest absolute Gasteiger partial charge is 0.495 e. The van der Waals surface area contributed by atoms with Crippen LogP contribution in [0.25, 0.3) is 0 Å². The molecule has 0 bridgehead atoms. The first kappa shape index (κ1) is 12.5. The van der Waals surface area contributed by atoms with Crippen LogP contribution in [0.1, 0.15) is 22.3 Å². The van der Waals surface area contributed by atoms with Crippen LogP contribution in [0.4, 0.5) is 0 Å². The lowest BCUT2D eigenvalue weighted by molar-refractivity contribution is -0.135. The summed E-state index contributed by atoms with van der Waals surface area (Å²) in [6, 6.07) is 3.04. The molecule has 1 rings (SSSR count). The Morgan fingerprint density at radius 1 is 1.44 bits per heavy atom. The molecule has 0 saturated heterocycles. The van der Waals surface area contributed by atoms with Gasteiger partial charge in [0, 0.05) is 5.56 Å². The highest BCUT2D eigenvalue weighted by Gasteiger charge is 2.15. The van der Waals surface area contributed by atoms with Gasteiger partial charge in [-0.2, -0.15) is 0 Å². The van der Waals surface area contributed by atoms with Crippen molar-refractivity contribution in [3.63, 3.8) is 0 Å². The van der Waals surface area contributed by atoms with E-state index in [4.69, 9.17) is 21.4 Å². The number of rotatable bonds is 4. The lowest BCUT2D eigenvalue weighted by Gasteiger charge is -2.08. The van der Waals surface area contributed by atoms with Crippen molar-refractivity contribution in [3.8, 4) is 5.75 Å². The second-order valence-electron chi connectivity index (χ2n) is 3.30. The Kier molecular flexibility index (Phi) is 3.90. The number of Topliss-reactive ketones (excluding diaryl/α,β-unsaturated/α-hetero) is 1. The molecule has 86 valence electrons. The molecule has 0 saturated carbocycles. The minimum absolute atomic E-state index is 0.293. The van der Waals surface area contributed by atoms with Gasteiger partial charge in [-0.15, -0.1) is 0 Å². The molecule has 0 radical (unpaired) electrons. The summed E-state index contributed by atoms with van der Waals surface area (Å²) >= 11 is 5.86. The highest BCUT2D eigenvalue weighted by Crippen LogP contribution is 2.28. The zero-order valence-corrected chi connectivity index (χ0v) is 9.67. The van der Waals surface area contributed by atoms with E-state index < -0.39 is 18.2 Å². The smallest absolute Gasteiger partial charge is 0.311 e. The fourth-order valence-electron chi connectivity index (χ4n) is 1.34. The van der Waals surface area contributed by atoms with E-state index in [0.29, 0.717) is 21.9 Å². The predicted molar refractivity (Wildman–Crippen MR) is 59.3 cm³/mol. The molecule has 0 amide bonds. The van der Waals surface area contributed by atoms with Crippen LogP contribution >= 0.6 is 11.6 Å². The van der Waals surface area contributed by atoms with Gasteiger partial charge in [0.2, 0.25) is 0 Å². The van der Waals surface area contributed by atoms with Crippen molar-refractivity contribution in [2.75, 3.05) is 7.11 Å². The number of benzene rings is 1. The van der Waals surface area contributed by atoms with E-state index in [2.05, 4.69) is 0 Å². The Morgan fingerprint density at radius 2 is 2.06 bits per heavy atom. The van der Waals surface area contributed by atoms with Crippen molar-refractivity contribution in [2.45, 2.75) is 13.3 Å². The maximum atomic E-state index is 11.5. The molecule has 16 heavy (non-hydrogen) atoms. The molecule has 4 nitrogen and oxygen atoms in total. The van der Waals surface area contributed by atoms with Gasteiger partial charge in [0.1, 0.15) is 12.2 Å². The maximum absolute atomic E-state index is 11.5. The van der Waals surface area contributed by atoms with Gasteiger partial charge in [-0.25, -0.2) is 0 Å². The quantitative estimate of drug-likeness (QED) is 0.650. The van der Waals surface area contributed by atoms with Crippen molar-refractivity contribution in [2.24, 2.45) is 0 Å². The van der Waals surface area contributed by atoms with Crippen molar-refractivity contribution < 1.29 is 19.4 Å². The molecule has 5 heteroatoms. The van der Waals surface area contributed by atoms with Gasteiger partial charge in [0.05, 0.1) is 12.1 Å². The average molecular weight is 243 g/mol. The molecule has 0 unspecified atom stereocenters. The number of methoxy groups -OCH3 is 1. The molecule has 1 aromatic rings. The highest BCUT2D eigenvalue weighted by atomic mass is 35.5. The van der Waals surface area contributed by atoms with Crippen molar-refractivity contribution >= 4 is 23.4 Å². The standard InChI is InChI=1S/C11H11ClO4/c1-6-3-10(16-2)8(12)4-7(6)9(13)5-11(14)15/h3-4H,5H2,1-2H3,(H,14,15). The fraction of sp³-hybridized carbons (Fsp3) is 0.273. The number of ketones is 1. The number of carbonyl (C=O) groups excluding carboxylic acids is 1. The molecule has 1 N–H and O–H groups in total. The lowest BCUT2D eigenvalue weighted by Crippen LogP contribution is -2.08. The van der Waals surface area contributed by atoms with Crippen molar-refractivity contribution in [1.82, 2.24) is 0 Å². The third kappa shape index (κ3) is 2.73. The molecule has 0 atom stereocenters. The number of carboxylic acids is 1. The number of hydrogen-bond acceptors (Lipinski definition) is 3. The third-order valence-electron chi connectivity index (χ3n) is 2.11. The monoisotopic (exact) mass is 242 g/mol. The van der Waals surface area contributed by atoms with E-state index in [1.165, 1.54) is 13.2 Å². The zero-order chi connectivity index (χ0) is 12.3. The Bertz CT molecular complexity index is 440. The molecule has 0 aliphatic carbocycles. The Morgan fingerprint density at radius 3 is 2.56 bits per heavy atom. The molecule has 1 aromatic carbocycles. The van der Waals surface area contributed by atoms with E-state index >= 15 is 0 Å². The number of aryl methyl sites for hydroxylation is 1. The van der Waals surface area contributed by atoms with Crippen LogP contribution in [-0.2, 0) is 4.79 Å². The topological polar surface area (TPSA) is 63.6 Å². The molecule has 0 aliphatic rings. The van der Waals surface area contributed by atoms with E-state index in [1.807, 2.05) is 0 Å². The first-order valence-corrected chi connectivity index (χ1v) is 4.92. The molecule has 0 aliphatic heterocycles. The maximum Gasteiger partial charge on any atom is 0.311 e. The van der Waals surface area contributed by atoms with Crippen molar-refractivity contribution in [1.29, 1.82) is 0 Å². The molecular formula is C11H11ClO4. The minimum atomic E-state index is -1.16. The van der Waals surface area contributed by atoms with Crippen LogP contribution in [0.3, 0.4) is 0 Å². The summed E-state index contributed by atoms with van der Waals surface area (Å²) < 4.78 is 4.98. The van der Waals surface area contributed by atoms with Crippen LogP contribution in [0.15, 0.2) is 12.1 Å². The van der Waals surface area contributed by atoms with E-state index in [9.17, 15) is 9.59 Å². The van der Waals surface area contributed by atoms with Crippen LogP contribution < -0.4 is 4.74 Å². The number of halogens is 1. The van der Waals surface area contributed by atoms with Gasteiger partial charge < -0.3 is 9.84 Å². The molecule has 0 spiro atoms. The van der Waals surface area contributed by atoms with Gasteiger partial charge in [0.15, 0.2) is 5.78 Å². The molecule has 0 heterocycles. The molecular weight excluding hydrogens is 232 g/mol. The molecule has 0 fully saturated rings. The number of ether oxygens (including phenoxy) is 1. The molecule has 0 aromatic heterocycles. The first-order valence-electron chi connectivity index (χ1n) is 4.55. The summed E-state index contributed by atoms with van der Waals surface area (Å²) in [7, 11) is 1.47. The highest BCUT2D eigenvalue weighted by molar-refractivity contribution is 6.32. The van der Waals surface area contributed by atoms with Crippen LogP contribution in [-0.4, -0.2) is 24.0 Å². The van der Waals surface area contributed by atoms with Crippen LogP contribution in [0.5, 0.6) is 5.75 Å². The Hall–Kier alpha value is -1.55. The number of aliphatic carboxylic acids is 1. The minimum Gasteiger partial charge on any atom is -0.495 e. The van der Waals surface area contributed by atoms with E-state index in [-0.39, 0.29) is 0 Å². The summed E-state index contributed by atoms with van der Waals surface area (Å²) in [5.41, 5.74) is 0.959. The van der Waals surface area contributed by atoms with Gasteiger partial charge >= 0.3 is 5.97 Å². The van der Waals surface area contributed by atoms with E-state index in [1.54, 1.807) is 13.0 Å². The van der Waals surface area contributed by atoms with Crippen LogP contribution in [0, 0.1) is 6.92 Å². The second kappa shape index (κ2) is 4.99. The van der Waals surface area contributed by atoms with Gasteiger partial charge in [-0.3, -0.25) is 9.59 Å². The second-order valence-corrected chi connectivity index (χ2v) is 3.70. The SMILES string of the molecule is COc1cc(C)c(C(=O)CC(=O)O)cc1Cl. The first-order chi connectivity index (χ1) is 7.45. The Labute approximate surface area is 97.8 Å². The zero-order valence-electron chi connectivity index (χ0n) is 8.91. The Balaban J connectivity index is 3.10. The lowest BCUT2D eigenvalue weighted by atomic mass is 10.0. The number of carbonyl (C=O) groups is 2. The summed E-state index contributed by atoms with van der Waals surface area (Å²) in [4.78, 5) is 22.0. The third-order valence-corrected chi connectivity index (χ3v) is 2.41. The predicted octanol–water partition coefficient (Wildman–Crippen LogP) is 2.31. The average Bonchev–Trinajstić information content (AvgIpc) is 2.19. The van der Waals surface area contributed by atoms with Gasteiger partial charge in [-0.05, 0) is 24.6 Å². The van der Waals surface area contributed by atoms with Gasteiger partial charge in [-0.1, -0.05) is 11.6 Å². The number of hydrogen-bond donors (Lipinski definition) is 1. The van der Waals surface area contributed by atoms with E-state index in [0.717, 1.165) is 0 Å². The summed E-state index contributed by atoms with van der Waals surface area (Å²) in [6.07, 6.45) is -0.538. The van der Waals surface area contributed by atoms with Crippen molar-refractivity contribution in [3.05, 3.63) is 28.3 Å². The fourth-order valence-corrected chi connectivity index (χ4v) is 1.59. The summed E-state index contributed by atoms with van der Waals surface area (Å²) in [5.74, 6) is -1.16. The summed E-state index contributed by atoms with van der Waals surface area (Å²) in [6.45, 7) is 1.70. The summed E-state index contributed by atoms with van der Waals surface area (Å²) in [5, 5.41) is 8.82. The van der Waals surface area contributed by atoms with Crippen LogP contribution in [0.2, 0.25) is 5.02 Å². The normalized spacial score (nSPS) is 9.94. The number of carboxylic acid groups (broad SMARTS) is 1.